The molecule has 0 saturated carbocycles. The minimum Gasteiger partial charge on any atom is -0.439 e. The van der Waals surface area contributed by atoms with E-state index in [1.165, 1.54) is 0 Å². The van der Waals surface area contributed by atoms with Crippen LogP contribution in [-0.2, 0) is 0 Å². The lowest BCUT2D eigenvalue weighted by molar-refractivity contribution is 0.0793. The average Bonchev–Trinajstić information content (AvgIpc) is 3.16. The third-order valence-electron chi connectivity index (χ3n) is 4.02. The topological polar surface area (TPSA) is 68.2 Å². The summed E-state index contributed by atoms with van der Waals surface area (Å²) in [7, 11) is 0. The van der Waals surface area contributed by atoms with Crippen molar-refractivity contribution >= 4 is 17.1 Å². The molecule has 1 saturated heterocycles. The number of nitrogens with zero attached hydrogens (tertiary/aromatic N) is 4. The Hall–Kier alpha value is -3.02. The van der Waals surface area contributed by atoms with Crippen molar-refractivity contribution in [3.8, 4) is 11.6 Å². The molecule has 1 aliphatic heterocycles. The van der Waals surface area contributed by atoms with Gasteiger partial charge < -0.3 is 9.64 Å². The first-order valence-corrected chi connectivity index (χ1v) is 7.94. The Labute approximate surface area is 139 Å². The summed E-state index contributed by atoms with van der Waals surface area (Å²) < 4.78 is 5.74. The first-order valence-electron chi connectivity index (χ1n) is 7.94. The number of likely N-dealkylation sites (tertiary alicyclic amines) is 1. The van der Waals surface area contributed by atoms with Crippen LogP contribution in [0.4, 0.5) is 0 Å². The molecular formula is C18H16N4O2. The Morgan fingerprint density at radius 3 is 2.50 bits per heavy atom. The van der Waals surface area contributed by atoms with Gasteiger partial charge >= 0.3 is 0 Å². The summed E-state index contributed by atoms with van der Waals surface area (Å²) in [5.41, 5.74) is 1.94. The second kappa shape index (κ2) is 6.23. The highest BCUT2D eigenvalue weighted by Crippen LogP contribution is 2.22. The third-order valence-corrected chi connectivity index (χ3v) is 4.02. The number of carbonyl (C=O) groups is 1. The van der Waals surface area contributed by atoms with Gasteiger partial charge in [-0.1, -0.05) is 0 Å². The van der Waals surface area contributed by atoms with E-state index in [4.69, 9.17) is 4.74 Å². The molecule has 1 fully saturated rings. The van der Waals surface area contributed by atoms with Crippen LogP contribution in [0, 0.1) is 0 Å². The first-order chi connectivity index (χ1) is 11.8. The Balaban J connectivity index is 1.50. The molecule has 0 radical (unpaired) electrons. The van der Waals surface area contributed by atoms with E-state index in [0.29, 0.717) is 22.8 Å². The summed E-state index contributed by atoms with van der Waals surface area (Å²) in [6.45, 7) is 1.69. The lowest BCUT2D eigenvalue weighted by atomic mass is 10.2. The van der Waals surface area contributed by atoms with Crippen LogP contribution in [0.15, 0.2) is 48.8 Å². The molecule has 2 aromatic heterocycles. The van der Waals surface area contributed by atoms with Crippen LogP contribution >= 0.6 is 0 Å². The normalized spacial score (nSPS) is 14.1. The Kier molecular flexibility index (Phi) is 3.78. The van der Waals surface area contributed by atoms with Crippen LogP contribution in [0.2, 0.25) is 0 Å². The number of carbonyl (C=O) groups excluding carboxylic acids is 1. The van der Waals surface area contributed by atoms with Crippen LogP contribution in [0.25, 0.3) is 11.2 Å². The summed E-state index contributed by atoms with van der Waals surface area (Å²) in [5.74, 6) is 1.16. The minimum absolute atomic E-state index is 0.0816. The number of ether oxygens (including phenoxy) is 1. The standard InChI is InChI=1S/C18H16N4O2/c23-18(22-11-1-2-12-22)13-3-5-14(6-4-13)24-16-8-7-15-17(21-16)20-10-9-19-15/h3-10H,1-2,11-12H2. The Morgan fingerprint density at radius 1 is 0.958 bits per heavy atom. The summed E-state index contributed by atoms with van der Waals surface area (Å²) in [4.78, 5) is 26.9. The molecule has 1 aromatic carbocycles. The van der Waals surface area contributed by atoms with Crippen molar-refractivity contribution in [1.82, 2.24) is 19.9 Å². The zero-order chi connectivity index (χ0) is 16.4. The predicted octanol–water partition coefficient (Wildman–Crippen LogP) is 3.05. The zero-order valence-electron chi connectivity index (χ0n) is 13.1. The second-order valence-corrected chi connectivity index (χ2v) is 5.67. The van der Waals surface area contributed by atoms with E-state index in [9.17, 15) is 4.79 Å². The van der Waals surface area contributed by atoms with Crippen LogP contribution in [0.1, 0.15) is 23.2 Å². The van der Waals surface area contributed by atoms with E-state index in [1.54, 1.807) is 42.7 Å². The number of rotatable bonds is 3. The van der Waals surface area contributed by atoms with Gasteiger partial charge in [0.25, 0.3) is 5.91 Å². The van der Waals surface area contributed by atoms with Gasteiger partial charge in [-0.2, -0.15) is 4.98 Å². The molecule has 6 nitrogen and oxygen atoms in total. The van der Waals surface area contributed by atoms with Gasteiger partial charge in [0.2, 0.25) is 5.88 Å². The van der Waals surface area contributed by atoms with E-state index in [2.05, 4.69) is 15.0 Å². The fourth-order valence-electron chi connectivity index (χ4n) is 2.78. The molecule has 24 heavy (non-hydrogen) atoms. The molecule has 0 atom stereocenters. The molecule has 3 aromatic rings. The molecule has 1 amide bonds. The Bertz CT molecular complexity index is 874. The van der Waals surface area contributed by atoms with Crippen molar-refractivity contribution in [3.63, 3.8) is 0 Å². The highest BCUT2D eigenvalue weighted by molar-refractivity contribution is 5.94. The molecular weight excluding hydrogens is 304 g/mol. The van der Waals surface area contributed by atoms with Gasteiger partial charge in [0, 0.05) is 37.1 Å². The van der Waals surface area contributed by atoms with Crippen molar-refractivity contribution in [2.24, 2.45) is 0 Å². The molecule has 120 valence electrons. The van der Waals surface area contributed by atoms with Crippen LogP contribution < -0.4 is 4.74 Å². The molecule has 0 N–H and O–H groups in total. The lowest BCUT2D eigenvalue weighted by Crippen LogP contribution is -2.27. The number of pyridine rings is 1. The predicted molar refractivity (Wildman–Crippen MR) is 89.0 cm³/mol. The summed E-state index contributed by atoms with van der Waals surface area (Å²) >= 11 is 0. The summed E-state index contributed by atoms with van der Waals surface area (Å²) in [5, 5.41) is 0. The molecule has 0 spiro atoms. The van der Waals surface area contributed by atoms with Crippen molar-refractivity contribution < 1.29 is 9.53 Å². The van der Waals surface area contributed by atoms with Gasteiger partial charge in [-0.25, -0.2) is 4.98 Å². The first kappa shape index (κ1) is 14.6. The van der Waals surface area contributed by atoms with Gasteiger partial charge in [-0.3, -0.25) is 9.78 Å². The van der Waals surface area contributed by atoms with E-state index < -0.39 is 0 Å². The van der Waals surface area contributed by atoms with Crippen LogP contribution in [-0.4, -0.2) is 38.8 Å². The number of hydrogen-bond acceptors (Lipinski definition) is 5. The molecule has 0 unspecified atom stereocenters. The maximum atomic E-state index is 12.3. The van der Waals surface area contributed by atoms with E-state index in [-0.39, 0.29) is 5.91 Å². The monoisotopic (exact) mass is 320 g/mol. The van der Waals surface area contributed by atoms with E-state index in [1.807, 2.05) is 11.0 Å². The SMILES string of the molecule is O=C(c1ccc(Oc2ccc3nccnc3n2)cc1)N1CCCC1. The lowest BCUT2D eigenvalue weighted by Gasteiger charge is -2.15. The van der Waals surface area contributed by atoms with Gasteiger partial charge in [0.15, 0.2) is 5.65 Å². The largest absolute Gasteiger partial charge is 0.439 e. The number of aromatic nitrogens is 3. The number of hydrogen-bond donors (Lipinski definition) is 0. The summed E-state index contributed by atoms with van der Waals surface area (Å²) in [6, 6.07) is 10.7. The minimum atomic E-state index is 0.0816. The Morgan fingerprint density at radius 2 is 1.71 bits per heavy atom. The van der Waals surface area contributed by atoms with Crippen molar-refractivity contribution in [3.05, 3.63) is 54.4 Å². The molecule has 0 bridgehead atoms. The number of benzene rings is 1. The molecule has 3 heterocycles. The quantitative estimate of drug-likeness (QED) is 0.742. The van der Waals surface area contributed by atoms with Crippen LogP contribution in [0.5, 0.6) is 11.6 Å². The summed E-state index contributed by atoms with van der Waals surface area (Å²) in [6.07, 6.45) is 5.39. The fraction of sp³-hybridized carbons (Fsp3) is 0.222. The smallest absolute Gasteiger partial charge is 0.253 e. The van der Waals surface area contributed by atoms with Gasteiger partial charge in [0.05, 0.1) is 0 Å². The average molecular weight is 320 g/mol. The highest BCUT2D eigenvalue weighted by atomic mass is 16.5. The molecule has 0 aliphatic carbocycles. The number of fused-ring (bicyclic) bond motifs is 1. The number of amides is 1. The zero-order valence-corrected chi connectivity index (χ0v) is 13.1. The van der Waals surface area contributed by atoms with E-state index in [0.717, 1.165) is 31.4 Å². The van der Waals surface area contributed by atoms with Crippen molar-refractivity contribution in [2.45, 2.75) is 12.8 Å². The third kappa shape index (κ3) is 2.90. The van der Waals surface area contributed by atoms with Gasteiger partial charge in [0.1, 0.15) is 11.3 Å². The van der Waals surface area contributed by atoms with Gasteiger partial charge in [-0.15, -0.1) is 0 Å². The maximum absolute atomic E-state index is 12.3. The van der Waals surface area contributed by atoms with E-state index >= 15 is 0 Å². The molecule has 6 heteroatoms. The van der Waals surface area contributed by atoms with Crippen molar-refractivity contribution in [1.29, 1.82) is 0 Å². The van der Waals surface area contributed by atoms with Crippen LogP contribution in [0.3, 0.4) is 0 Å². The molecule has 4 rings (SSSR count). The van der Waals surface area contributed by atoms with Gasteiger partial charge in [-0.05, 0) is 43.2 Å². The maximum Gasteiger partial charge on any atom is 0.253 e. The second-order valence-electron chi connectivity index (χ2n) is 5.67. The van der Waals surface area contributed by atoms with Crippen molar-refractivity contribution in [2.75, 3.05) is 13.1 Å². The fourth-order valence-corrected chi connectivity index (χ4v) is 2.78. The highest BCUT2D eigenvalue weighted by Gasteiger charge is 2.19. The molecule has 1 aliphatic rings.